The standard InChI is InChI=1S/C23H30N4O3.CH4/c1-23(2,3)30-22(29)27-14-12-19(13-15-27)26(4)21(28)25-18-10-11-20(24-16-18)17-8-6-5-7-9-17;/h5-11,16,19H,12-15H2,1-4H3,(H,25,28);1H4. The minimum atomic E-state index is -0.505. The van der Waals surface area contributed by atoms with Crippen LogP contribution in [-0.4, -0.2) is 58.7 Å². The van der Waals surface area contributed by atoms with Crippen molar-refractivity contribution >= 4 is 17.8 Å². The van der Waals surface area contributed by atoms with Crippen molar-refractivity contribution in [3.8, 4) is 11.3 Å². The van der Waals surface area contributed by atoms with Crippen LogP contribution in [0.4, 0.5) is 15.3 Å². The van der Waals surface area contributed by atoms with E-state index in [-0.39, 0.29) is 25.6 Å². The Morgan fingerprint density at radius 2 is 1.74 bits per heavy atom. The first kappa shape index (κ1) is 24.2. The SMILES string of the molecule is C.CN(C(=O)Nc1ccc(-c2ccccc2)nc1)C1CCN(C(=O)OC(C)(C)C)CC1. The lowest BCUT2D eigenvalue weighted by molar-refractivity contribution is 0.0174. The van der Waals surface area contributed by atoms with Crippen molar-refractivity contribution in [3.63, 3.8) is 0 Å². The van der Waals surface area contributed by atoms with Crippen molar-refractivity contribution < 1.29 is 14.3 Å². The molecule has 1 aromatic heterocycles. The Bertz CT molecular complexity index is 855. The van der Waals surface area contributed by atoms with E-state index in [9.17, 15) is 9.59 Å². The molecule has 7 nitrogen and oxygen atoms in total. The van der Waals surface area contributed by atoms with Gasteiger partial charge in [0.25, 0.3) is 0 Å². The molecule has 0 spiro atoms. The van der Waals surface area contributed by atoms with Gasteiger partial charge in [0, 0.05) is 31.7 Å². The third-order valence-corrected chi connectivity index (χ3v) is 5.07. The first-order valence-electron chi connectivity index (χ1n) is 10.3. The zero-order chi connectivity index (χ0) is 21.7. The van der Waals surface area contributed by atoms with Crippen LogP contribution in [0.2, 0.25) is 0 Å². The molecule has 1 N–H and O–H groups in total. The van der Waals surface area contributed by atoms with Gasteiger partial charge in [-0.1, -0.05) is 37.8 Å². The number of pyridine rings is 1. The van der Waals surface area contributed by atoms with E-state index in [1.54, 1.807) is 23.0 Å². The summed E-state index contributed by atoms with van der Waals surface area (Å²) in [6.45, 7) is 6.72. The zero-order valence-electron chi connectivity index (χ0n) is 18.1. The number of rotatable bonds is 3. The van der Waals surface area contributed by atoms with E-state index in [0.717, 1.165) is 11.3 Å². The van der Waals surface area contributed by atoms with Crippen molar-refractivity contribution in [2.45, 2.75) is 52.7 Å². The van der Waals surface area contributed by atoms with Gasteiger partial charge in [-0.15, -0.1) is 0 Å². The summed E-state index contributed by atoms with van der Waals surface area (Å²) in [4.78, 5) is 32.7. The quantitative estimate of drug-likeness (QED) is 0.727. The van der Waals surface area contributed by atoms with Gasteiger partial charge in [-0.25, -0.2) is 9.59 Å². The van der Waals surface area contributed by atoms with E-state index in [0.29, 0.717) is 31.6 Å². The lowest BCUT2D eigenvalue weighted by Crippen LogP contribution is -2.49. The molecule has 1 aliphatic rings. The highest BCUT2D eigenvalue weighted by atomic mass is 16.6. The van der Waals surface area contributed by atoms with Gasteiger partial charge in [-0.3, -0.25) is 4.98 Å². The van der Waals surface area contributed by atoms with Crippen molar-refractivity contribution in [1.82, 2.24) is 14.8 Å². The molecule has 1 aliphatic heterocycles. The van der Waals surface area contributed by atoms with E-state index in [1.165, 1.54) is 0 Å². The number of nitrogens with zero attached hydrogens (tertiary/aromatic N) is 3. The second-order valence-corrected chi connectivity index (χ2v) is 8.54. The molecule has 168 valence electrons. The summed E-state index contributed by atoms with van der Waals surface area (Å²) < 4.78 is 5.43. The highest BCUT2D eigenvalue weighted by Gasteiger charge is 2.30. The minimum absolute atomic E-state index is 0. The number of benzene rings is 1. The van der Waals surface area contributed by atoms with Crippen LogP contribution in [0.3, 0.4) is 0 Å². The molecule has 0 bridgehead atoms. The molecule has 1 aromatic carbocycles. The number of carbonyl (C=O) groups is 2. The second-order valence-electron chi connectivity index (χ2n) is 8.54. The van der Waals surface area contributed by atoms with Gasteiger partial charge < -0.3 is 19.9 Å². The van der Waals surface area contributed by atoms with Crippen molar-refractivity contribution in [2.75, 3.05) is 25.5 Å². The summed E-state index contributed by atoms with van der Waals surface area (Å²) in [6, 6.07) is 13.5. The Hall–Kier alpha value is -3.09. The zero-order valence-corrected chi connectivity index (χ0v) is 18.1. The smallest absolute Gasteiger partial charge is 0.410 e. The molecule has 2 aromatic rings. The molecule has 0 radical (unpaired) electrons. The van der Waals surface area contributed by atoms with Gasteiger partial charge in [0.2, 0.25) is 0 Å². The van der Waals surface area contributed by atoms with Crippen molar-refractivity contribution in [2.24, 2.45) is 0 Å². The third kappa shape index (κ3) is 6.70. The maximum atomic E-state index is 12.7. The number of likely N-dealkylation sites (tertiary alicyclic amines) is 1. The third-order valence-electron chi connectivity index (χ3n) is 5.07. The van der Waals surface area contributed by atoms with Crippen LogP contribution in [0.25, 0.3) is 11.3 Å². The average Bonchev–Trinajstić information content (AvgIpc) is 2.73. The molecular weight excluding hydrogens is 392 g/mol. The number of hydrogen-bond donors (Lipinski definition) is 1. The molecule has 31 heavy (non-hydrogen) atoms. The molecule has 0 aliphatic carbocycles. The van der Waals surface area contributed by atoms with Gasteiger partial charge >= 0.3 is 12.1 Å². The normalized spacial score (nSPS) is 14.4. The molecule has 1 saturated heterocycles. The summed E-state index contributed by atoms with van der Waals surface area (Å²) in [7, 11) is 1.79. The lowest BCUT2D eigenvalue weighted by atomic mass is 10.0. The largest absolute Gasteiger partial charge is 0.444 e. The van der Waals surface area contributed by atoms with Crippen LogP contribution in [0.15, 0.2) is 48.7 Å². The van der Waals surface area contributed by atoms with E-state index in [1.807, 2.05) is 63.2 Å². The fraction of sp³-hybridized carbons (Fsp3) is 0.458. The van der Waals surface area contributed by atoms with Gasteiger partial charge in [0.1, 0.15) is 5.60 Å². The molecule has 0 atom stereocenters. The van der Waals surface area contributed by atoms with Crippen LogP contribution in [-0.2, 0) is 4.74 Å². The minimum Gasteiger partial charge on any atom is -0.444 e. The van der Waals surface area contributed by atoms with E-state index < -0.39 is 5.60 Å². The maximum Gasteiger partial charge on any atom is 0.410 e. The average molecular weight is 427 g/mol. The van der Waals surface area contributed by atoms with Gasteiger partial charge in [-0.2, -0.15) is 0 Å². The highest BCUT2D eigenvalue weighted by molar-refractivity contribution is 5.89. The Labute approximate surface area is 185 Å². The van der Waals surface area contributed by atoms with Crippen LogP contribution in [0.1, 0.15) is 41.0 Å². The number of hydrogen-bond acceptors (Lipinski definition) is 4. The number of nitrogens with one attached hydrogen (secondary N) is 1. The van der Waals surface area contributed by atoms with E-state index >= 15 is 0 Å². The first-order chi connectivity index (χ1) is 14.2. The molecule has 3 rings (SSSR count). The van der Waals surface area contributed by atoms with Crippen molar-refractivity contribution in [3.05, 3.63) is 48.7 Å². The number of urea groups is 1. The predicted molar refractivity (Wildman–Crippen MR) is 124 cm³/mol. The van der Waals surface area contributed by atoms with Gasteiger partial charge in [0.15, 0.2) is 0 Å². The lowest BCUT2D eigenvalue weighted by Gasteiger charge is -2.37. The monoisotopic (exact) mass is 426 g/mol. The fourth-order valence-corrected chi connectivity index (χ4v) is 3.39. The fourth-order valence-electron chi connectivity index (χ4n) is 3.39. The summed E-state index contributed by atoms with van der Waals surface area (Å²) in [6.07, 6.45) is 2.81. The summed E-state index contributed by atoms with van der Waals surface area (Å²) in [5.74, 6) is 0. The Morgan fingerprint density at radius 3 is 2.29 bits per heavy atom. The molecule has 1 fully saturated rings. The molecule has 3 amide bonds. The van der Waals surface area contributed by atoms with Crippen LogP contribution >= 0.6 is 0 Å². The molecule has 0 unspecified atom stereocenters. The summed E-state index contributed by atoms with van der Waals surface area (Å²) >= 11 is 0. The first-order valence-corrected chi connectivity index (χ1v) is 10.3. The van der Waals surface area contributed by atoms with E-state index in [4.69, 9.17) is 4.74 Å². The molecular formula is C24H34N4O3. The Kier molecular flexibility index (Phi) is 8.02. The Morgan fingerprint density at radius 1 is 1.10 bits per heavy atom. The van der Waals surface area contributed by atoms with Crippen LogP contribution < -0.4 is 5.32 Å². The second kappa shape index (κ2) is 10.3. The summed E-state index contributed by atoms with van der Waals surface area (Å²) in [5, 5.41) is 2.90. The van der Waals surface area contributed by atoms with Crippen LogP contribution in [0, 0.1) is 0 Å². The molecule has 2 heterocycles. The van der Waals surface area contributed by atoms with Crippen LogP contribution in [0.5, 0.6) is 0 Å². The number of aromatic nitrogens is 1. The van der Waals surface area contributed by atoms with Crippen molar-refractivity contribution in [1.29, 1.82) is 0 Å². The Balaban J connectivity index is 0.00000341. The topological polar surface area (TPSA) is 74.8 Å². The number of amides is 3. The van der Waals surface area contributed by atoms with Gasteiger partial charge in [0.05, 0.1) is 17.6 Å². The number of anilines is 1. The predicted octanol–water partition coefficient (Wildman–Crippen LogP) is 5.25. The maximum absolute atomic E-state index is 12.7. The van der Waals surface area contributed by atoms with E-state index in [2.05, 4.69) is 10.3 Å². The number of piperidine rings is 1. The number of carbonyl (C=O) groups excluding carboxylic acids is 2. The highest BCUT2D eigenvalue weighted by Crippen LogP contribution is 2.21. The molecule has 7 heteroatoms. The van der Waals surface area contributed by atoms with Gasteiger partial charge in [-0.05, 0) is 45.7 Å². The number of ether oxygens (including phenoxy) is 1. The molecule has 0 saturated carbocycles. The summed E-state index contributed by atoms with van der Waals surface area (Å²) in [5.41, 5.74) is 2.03.